The predicted molar refractivity (Wildman–Crippen MR) is 82.8 cm³/mol. The minimum atomic E-state index is -0.450. The molecule has 1 unspecified atom stereocenters. The maximum atomic E-state index is 12.1. The fraction of sp³-hybridized carbons (Fsp3) is 0.467. The second-order valence-electron chi connectivity index (χ2n) is 5.08. The highest BCUT2D eigenvalue weighted by molar-refractivity contribution is 7.80. The Morgan fingerprint density at radius 3 is 2.50 bits per heavy atom. The summed E-state index contributed by atoms with van der Waals surface area (Å²) >= 11 is 4.87. The lowest BCUT2D eigenvalue weighted by Crippen LogP contribution is -2.38. The first kappa shape index (κ1) is 14.8. The molecule has 1 atom stereocenters. The van der Waals surface area contributed by atoms with Gasteiger partial charge in [0.25, 0.3) is 5.91 Å². The zero-order chi connectivity index (χ0) is 14.5. The van der Waals surface area contributed by atoms with Crippen LogP contribution in [0.1, 0.15) is 25.3 Å². The van der Waals surface area contributed by atoms with Gasteiger partial charge in [0.1, 0.15) is 5.75 Å². The number of carbonyl (C=O) groups is 1. The molecule has 1 amide bonds. The minimum absolute atomic E-state index is 0.0645. The summed E-state index contributed by atoms with van der Waals surface area (Å²) in [6, 6.07) is 7.53. The van der Waals surface area contributed by atoms with Crippen LogP contribution in [0.5, 0.6) is 5.75 Å². The SMILES string of the molecule is CC(Oc1ccc(CC(N)=S)cc1)C(=O)N1CCCC1. The molecule has 4 nitrogen and oxygen atoms in total. The number of nitrogens with two attached hydrogens (primary N) is 1. The zero-order valence-corrected chi connectivity index (χ0v) is 12.5. The van der Waals surface area contributed by atoms with Gasteiger partial charge in [-0.1, -0.05) is 24.4 Å². The standard InChI is InChI=1S/C15H20N2O2S/c1-11(15(18)17-8-2-3-9-17)19-13-6-4-12(5-7-13)10-14(16)20/h4-7,11H,2-3,8-10H2,1H3,(H2,16,20). The Morgan fingerprint density at radius 2 is 1.95 bits per heavy atom. The zero-order valence-electron chi connectivity index (χ0n) is 11.7. The Kier molecular flexibility index (Phi) is 4.95. The summed E-state index contributed by atoms with van der Waals surface area (Å²) in [6.07, 6.45) is 2.31. The number of nitrogens with zero attached hydrogens (tertiary/aromatic N) is 1. The first-order chi connectivity index (χ1) is 9.56. The van der Waals surface area contributed by atoms with Crippen LogP contribution >= 0.6 is 12.2 Å². The number of carbonyl (C=O) groups excluding carboxylic acids is 1. The monoisotopic (exact) mass is 292 g/mol. The second-order valence-corrected chi connectivity index (χ2v) is 5.60. The third kappa shape index (κ3) is 3.93. The fourth-order valence-corrected chi connectivity index (χ4v) is 2.50. The maximum Gasteiger partial charge on any atom is 0.263 e. The Balaban J connectivity index is 1.91. The number of thiocarbonyl (C=S) groups is 1. The number of rotatable bonds is 5. The number of hydrogen-bond acceptors (Lipinski definition) is 3. The fourth-order valence-electron chi connectivity index (χ4n) is 2.34. The average Bonchev–Trinajstić information content (AvgIpc) is 2.93. The molecule has 2 rings (SSSR count). The van der Waals surface area contributed by atoms with Crippen molar-refractivity contribution in [1.82, 2.24) is 4.90 Å². The molecule has 1 fully saturated rings. The van der Waals surface area contributed by atoms with Crippen LogP contribution in [0.15, 0.2) is 24.3 Å². The van der Waals surface area contributed by atoms with Crippen LogP contribution in [0, 0.1) is 0 Å². The summed E-state index contributed by atoms with van der Waals surface area (Å²) in [5.41, 5.74) is 6.55. The van der Waals surface area contributed by atoms with Gasteiger partial charge in [-0.25, -0.2) is 0 Å². The van der Waals surface area contributed by atoms with E-state index in [0.717, 1.165) is 31.5 Å². The Labute approximate surface area is 124 Å². The summed E-state index contributed by atoms with van der Waals surface area (Å²) in [5.74, 6) is 0.756. The third-order valence-corrected chi connectivity index (χ3v) is 3.52. The average molecular weight is 292 g/mol. The van der Waals surface area contributed by atoms with Gasteiger partial charge in [0.2, 0.25) is 0 Å². The van der Waals surface area contributed by atoms with Gasteiger partial charge < -0.3 is 15.4 Å². The highest BCUT2D eigenvalue weighted by atomic mass is 32.1. The molecule has 0 radical (unpaired) electrons. The van der Waals surface area contributed by atoms with Crippen molar-refractivity contribution in [3.8, 4) is 5.75 Å². The first-order valence-electron chi connectivity index (χ1n) is 6.89. The van der Waals surface area contributed by atoms with Crippen LogP contribution in [-0.2, 0) is 11.2 Å². The molecule has 1 heterocycles. The Hall–Kier alpha value is -1.62. The molecular formula is C15H20N2O2S. The molecule has 5 heteroatoms. The van der Waals surface area contributed by atoms with Gasteiger partial charge in [-0.2, -0.15) is 0 Å². The molecule has 1 saturated heterocycles. The van der Waals surface area contributed by atoms with Crippen molar-refractivity contribution in [1.29, 1.82) is 0 Å². The summed E-state index contributed by atoms with van der Waals surface area (Å²) in [7, 11) is 0. The predicted octanol–water partition coefficient (Wildman–Crippen LogP) is 1.90. The van der Waals surface area contributed by atoms with Crippen molar-refractivity contribution < 1.29 is 9.53 Å². The maximum absolute atomic E-state index is 12.1. The molecule has 1 aliphatic rings. The van der Waals surface area contributed by atoms with E-state index in [4.69, 9.17) is 22.7 Å². The van der Waals surface area contributed by atoms with Gasteiger partial charge in [0.15, 0.2) is 6.10 Å². The van der Waals surface area contributed by atoms with Gasteiger partial charge in [0, 0.05) is 19.5 Å². The first-order valence-corrected chi connectivity index (χ1v) is 7.30. The van der Waals surface area contributed by atoms with Gasteiger partial charge >= 0.3 is 0 Å². The molecule has 0 aromatic heterocycles. The minimum Gasteiger partial charge on any atom is -0.481 e. The summed E-state index contributed by atoms with van der Waals surface area (Å²) in [5, 5.41) is 0. The van der Waals surface area contributed by atoms with Gasteiger partial charge in [0.05, 0.1) is 4.99 Å². The lowest BCUT2D eigenvalue weighted by atomic mass is 10.1. The van der Waals surface area contributed by atoms with E-state index in [0.29, 0.717) is 17.2 Å². The largest absolute Gasteiger partial charge is 0.481 e. The molecule has 0 spiro atoms. The summed E-state index contributed by atoms with van der Waals surface area (Å²) in [4.78, 5) is 14.5. The Bertz CT molecular complexity index is 481. The van der Waals surface area contributed by atoms with Gasteiger partial charge in [-0.3, -0.25) is 4.79 Å². The molecule has 0 bridgehead atoms. The van der Waals surface area contributed by atoms with E-state index in [1.54, 1.807) is 6.92 Å². The smallest absolute Gasteiger partial charge is 0.263 e. The van der Waals surface area contributed by atoms with Crippen molar-refractivity contribution in [3.05, 3.63) is 29.8 Å². The molecule has 0 aliphatic carbocycles. The van der Waals surface area contributed by atoms with E-state index < -0.39 is 6.10 Å². The quantitative estimate of drug-likeness (QED) is 0.842. The van der Waals surface area contributed by atoms with Crippen molar-refractivity contribution >= 4 is 23.1 Å². The summed E-state index contributed by atoms with van der Waals surface area (Å²) in [6.45, 7) is 3.49. The van der Waals surface area contributed by atoms with E-state index in [-0.39, 0.29) is 5.91 Å². The molecule has 1 aromatic carbocycles. The van der Waals surface area contributed by atoms with Crippen molar-refractivity contribution in [3.63, 3.8) is 0 Å². The van der Waals surface area contributed by atoms with Crippen LogP contribution in [0.4, 0.5) is 0 Å². The topological polar surface area (TPSA) is 55.6 Å². The van der Waals surface area contributed by atoms with Gasteiger partial charge in [-0.05, 0) is 37.5 Å². The van der Waals surface area contributed by atoms with E-state index in [9.17, 15) is 4.79 Å². The van der Waals surface area contributed by atoms with Crippen LogP contribution in [0.2, 0.25) is 0 Å². The number of amides is 1. The van der Waals surface area contributed by atoms with Crippen LogP contribution in [0.3, 0.4) is 0 Å². The highest BCUT2D eigenvalue weighted by Gasteiger charge is 2.24. The van der Waals surface area contributed by atoms with Crippen LogP contribution in [-0.4, -0.2) is 35.0 Å². The van der Waals surface area contributed by atoms with Crippen molar-refractivity contribution in [2.75, 3.05) is 13.1 Å². The van der Waals surface area contributed by atoms with E-state index in [2.05, 4.69) is 0 Å². The molecule has 2 N–H and O–H groups in total. The number of benzene rings is 1. The second kappa shape index (κ2) is 6.70. The summed E-state index contributed by atoms with van der Waals surface area (Å²) < 4.78 is 5.69. The van der Waals surface area contributed by atoms with E-state index in [1.165, 1.54) is 0 Å². The van der Waals surface area contributed by atoms with E-state index in [1.807, 2.05) is 29.2 Å². The molecule has 1 aromatic rings. The van der Waals surface area contributed by atoms with Crippen molar-refractivity contribution in [2.24, 2.45) is 5.73 Å². The Morgan fingerprint density at radius 1 is 1.35 bits per heavy atom. The molecule has 1 aliphatic heterocycles. The number of likely N-dealkylation sites (tertiary alicyclic amines) is 1. The highest BCUT2D eigenvalue weighted by Crippen LogP contribution is 2.16. The van der Waals surface area contributed by atoms with E-state index >= 15 is 0 Å². The molecule has 108 valence electrons. The normalized spacial score (nSPS) is 15.9. The third-order valence-electron chi connectivity index (χ3n) is 3.38. The molecule has 0 saturated carbocycles. The molecule has 20 heavy (non-hydrogen) atoms. The number of hydrogen-bond donors (Lipinski definition) is 1. The lowest BCUT2D eigenvalue weighted by Gasteiger charge is -2.21. The number of ether oxygens (including phenoxy) is 1. The van der Waals surface area contributed by atoms with Crippen LogP contribution < -0.4 is 10.5 Å². The van der Waals surface area contributed by atoms with Gasteiger partial charge in [-0.15, -0.1) is 0 Å². The molecular weight excluding hydrogens is 272 g/mol. The van der Waals surface area contributed by atoms with Crippen molar-refractivity contribution in [2.45, 2.75) is 32.3 Å². The van der Waals surface area contributed by atoms with Crippen LogP contribution in [0.25, 0.3) is 0 Å². The lowest BCUT2D eigenvalue weighted by molar-refractivity contribution is -0.136.